The molecule has 31 heavy (non-hydrogen) atoms. The first-order valence-electron chi connectivity index (χ1n) is 9.78. The fraction of sp³-hybridized carbons (Fsp3) is 0.333. The minimum Gasteiger partial charge on any atom is -0.481 e. The summed E-state index contributed by atoms with van der Waals surface area (Å²) >= 11 is 0. The van der Waals surface area contributed by atoms with Gasteiger partial charge in [-0.05, 0) is 55.5 Å². The van der Waals surface area contributed by atoms with Crippen molar-refractivity contribution in [1.29, 1.82) is 0 Å². The van der Waals surface area contributed by atoms with Crippen LogP contribution in [-0.2, 0) is 24.3 Å². The van der Waals surface area contributed by atoms with Gasteiger partial charge in [-0.3, -0.25) is 14.3 Å². The van der Waals surface area contributed by atoms with Crippen molar-refractivity contribution >= 4 is 33.2 Å². The van der Waals surface area contributed by atoms with Crippen LogP contribution in [0.25, 0.3) is 0 Å². The van der Waals surface area contributed by atoms with Gasteiger partial charge in [-0.2, -0.15) is 0 Å². The van der Waals surface area contributed by atoms with Gasteiger partial charge in [0.1, 0.15) is 5.75 Å². The van der Waals surface area contributed by atoms with E-state index in [0.29, 0.717) is 43.4 Å². The second kappa shape index (κ2) is 9.80. The van der Waals surface area contributed by atoms with Crippen LogP contribution in [0.1, 0.15) is 13.8 Å². The minimum absolute atomic E-state index is 0.0537. The zero-order chi connectivity index (χ0) is 22.4. The van der Waals surface area contributed by atoms with E-state index >= 15 is 0 Å². The molecular weight excluding hydrogens is 422 g/mol. The third-order valence-corrected chi connectivity index (χ3v) is 5.97. The highest BCUT2D eigenvalue weighted by molar-refractivity contribution is 7.92. The van der Waals surface area contributed by atoms with Crippen LogP contribution in [0.5, 0.6) is 5.75 Å². The molecule has 1 heterocycles. The fourth-order valence-corrected chi connectivity index (χ4v) is 4.09. The molecule has 0 bridgehead atoms. The van der Waals surface area contributed by atoms with Crippen molar-refractivity contribution in [2.75, 3.05) is 36.3 Å². The molecule has 0 aromatic heterocycles. The topological polar surface area (TPSA) is 114 Å². The van der Waals surface area contributed by atoms with E-state index in [4.69, 9.17) is 9.47 Å². The van der Waals surface area contributed by atoms with Gasteiger partial charge >= 0.3 is 0 Å². The molecule has 0 aliphatic carbocycles. The number of carbonyl (C=O) groups is 2. The molecule has 1 atom stereocenters. The average Bonchev–Trinajstić information content (AvgIpc) is 2.75. The molecule has 1 aliphatic rings. The third kappa shape index (κ3) is 6.19. The minimum atomic E-state index is -3.81. The van der Waals surface area contributed by atoms with Gasteiger partial charge in [0.2, 0.25) is 5.91 Å². The number of hydrogen-bond acceptors (Lipinski definition) is 6. The quantitative estimate of drug-likeness (QED) is 0.672. The molecule has 10 heteroatoms. The molecule has 2 aromatic carbocycles. The Bertz CT molecular complexity index is 1020. The zero-order valence-corrected chi connectivity index (χ0v) is 18.1. The summed E-state index contributed by atoms with van der Waals surface area (Å²) in [5.41, 5.74) is 0.928. The van der Waals surface area contributed by atoms with E-state index in [9.17, 15) is 18.0 Å². The van der Waals surface area contributed by atoms with Crippen molar-refractivity contribution in [3.8, 4) is 5.75 Å². The monoisotopic (exact) mass is 447 g/mol. The summed E-state index contributed by atoms with van der Waals surface area (Å²) in [4.78, 5) is 25.2. The van der Waals surface area contributed by atoms with Crippen LogP contribution in [0.15, 0.2) is 53.4 Å². The molecule has 0 spiro atoms. The molecule has 2 aromatic rings. The number of sulfonamides is 1. The molecule has 166 valence electrons. The third-order valence-electron chi connectivity index (χ3n) is 4.57. The number of amides is 2. The molecule has 0 unspecified atom stereocenters. The molecule has 0 saturated carbocycles. The van der Waals surface area contributed by atoms with E-state index in [-0.39, 0.29) is 16.7 Å². The summed E-state index contributed by atoms with van der Waals surface area (Å²) in [6.07, 6.45) is -0.694. The number of rotatable bonds is 7. The van der Waals surface area contributed by atoms with E-state index < -0.39 is 16.1 Å². The molecule has 2 amide bonds. The summed E-state index contributed by atoms with van der Waals surface area (Å²) < 4.78 is 38.6. The van der Waals surface area contributed by atoms with Gasteiger partial charge in [-0.15, -0.1) is 0 Å². The smallest absolute Gasteiger partial charge is 0.263 e. The van der Waals surface area contributed by atoms with Crippen molar-refractivity contribution in [1.82, 2.24) is 4.90 Å². The highest BCUT2D eigenvalue weighted by atomic mass is 32.2. The van der Waals surface area contributed by atoms with Gasteiger partial charge in [-0.1, -0.05) is 0 Å². The number of ether oxygens (including phenoxy) is 2. The molecule has 0 radical (unpaired) electrons. The number of nitrogens with zero attached hydrogens (tertiary/aromatic N) is 1. The summed E-state index contributed by atoms with van der Waals surface area (Å²) in [5.74, 6) is 0.0497. The first-order valence-corrected chi connectivity index (χ1v) is 11.3. The number of anilines is 2. The Balaban J connectivity index is 1.61. The first-order chi connectivity index (χ1) is 14.7. The average molecular weight is 448 g/mol. The van der Waals surface area contributed by atoms with Crippen molar-refractivity contribution < 1.29 is 27.5 Å². The number of carbonyl (C=O) groups excluding carboxylic acids is 2. The van der Waals surface area contributed by atoms with Crippen LogP contribution in [0.3, 0.4) is 0 Å². The molecule has 1 saturated heterocycles. The second-order valence-corrected chi connectivity index (χ2v) is 8.72. The van der Waals surface area contributed by atoms with E-state index in [2.05, 4.69) is 10.0 Å². The molecule has 9 nitrogen and oxygen atoms in total. The van der Waals surface area contributed by atoms with Crippen molar-refractivity contribution in [3.63, 3.8) is 0 Å². The van der Waals surface area contributed by atoms with Crippen molar-refractivity contribution in [3.05, 3.63) is 48.5 Å². The number of benzene rings is 2. The number of hydrogen-bond donors (Lipinski definition) is 2. The Hall–Kier alpha value is -3.11. The van der Waals surface area contributed by atoms with Crippen molar-refractivity contribution in [2.45, 2.75) is 24.8 Å². The Morgan fingerprint density at radius 2 is 1.58 bits per heavy atom. The van der Waals surface area contributed by atoms with Gasteiger partial charge in [0.15, 0.2) is 6.10 Å². The lowest BCUT2D eigenvalue weighted by Gasteiger charge is -2.29. The predicted octanol–water partition coefficient (Wildman–Crippen LogP) is 2.07. The fourth-order valence-electron chi connectivity index (χ4n) is 3.03. The van der Waals surface area contributed by atoms with Gasteiger partial charge in [0.25, 0.3) is 15.9 Å². The van der Waals surface area contributed by atoms with E-state index in [1.54, 1.807) is 36.1 Å². The zero-order valence-electron chi connectivity index (χ0n) is 17.3. The molecule has 1 fully saturated rings. The highest BCUT2D eigenvalue weighted by Crippen LogP contribution is 2.21. The normalized spacial score (nSPS) is 15.1. The van der Waals surface area contributed by atoms with Crippen LogP contribution in [0, 0.1) is 0 Å². The lowest BCUT2D eigenvalue weighted by molar-refractivity contribution is -0.142. The Morgan fingerprint density at radius 3 is 2.16 bits per heavy atom. The maximum absolute atomic E-state index is 12.6. The largest absolute Gasteiger partial charge is 0.481 e. The van der Waals surface area contributed by atoms with Gasteiger partial charge in [0, 0.05) is 31.4 Å². The second-order valence-electron chi connectivity index (χ2n) is 7.03. The van der Waals surface area contributed by atoms with Crippen LogP contribution in [0.2, 0.25) is 0 Å². The number of nitrogens with one attached hydrogen (secondary N) is 2. The van der Waals surface area contributed by atoms with Crippen LogP contribution >= 0.6 is 0 Å². The van der Waals surface area contributed by atoms with E-state index in [0.717, 1.165) is 0 Å². The summed E-state index contributed by atoms with van der Waals surface area (Å²) in [7, 11) is -3.81. The van der Waals surface area contributed by atoms with Crippen molar-refractivity contribution in [2.24, 2.45) is 0 Å². The first kappa shape index (κ1) is 22.6. The lowest BCUT2D eigenvalue weighted by Crippen LogP contribution is -2.46. The Morgan fingerprint density at radius 1 is 1.00 bits per heavy atom. The summed E-state index contributed by atoms with van der Waals surface area (Å²) in [5, 5.41) is 2.61. The van der Waals surface area contributed by atoms with Crippen LogP contribution in [0.4, 0.5) is 11.4 Å². The molecular formula is C21H25N3O6S. The lowest BCUT2D eigenvalue weighted by atomic mass is 10.3. The molecule has 1 aliphatic heterocycles. The Kier molecular flexibility index (Phi) is 7.13. The predicted molar refractivity (Wildman–Crippen MR) is 115 cm³/mol. The van der Waals surface area contributed by atoms with Gasteiger partial charge in [-0.25, -0.2) is 8.42 Å². The summed E-state index contributed by atoms with van der Waals surface area (Å²) in [6.45, 7) is 5.13. The van der Waals surface area contributed by atoms with Gasteiger partial charge < -0.3 is 19.7 Å². The van der Waals surface area contributed by atoms with Crippen LogP contribution < -0.4 is 14.8 Å². The van der Waals surface area contributed by atoms with Crippen LogP contribution in [-0.4, -0.2) is 57.5 Å². The van der Waals surface area contributed by atoms with E-state index in [1.165, 1.54) is 31.2 Å². The molecule has 2 N–H and O–H groups in total. The summed E-state index contributed by atoms with van der Waals surface area (Å²) in [6, 6.07) is 12.2. The highest BCUT2D eigenvalue weighted by Gasteiger charge is 2.24. The van der Waals surface area contributed by atoms with E-state index in [1.807, 2.05) is 0 Å². The maximum Gasteiger partial charge on any atom is 0.263 e. The molecule has 3 rings (SSSR count). The SMILES string of the molecule is CC(=O)Nc1ccc(NS(=O)(=O)c2ccc(O[C@H](C)C(=O)N3CCOCC3)cc2)cc1. The maximum atomic E-state index is 12.6. The standard InChI is InChI=1S/C21H25N3O6S/c1-15(21(26)24-11-13-29-14-12-24)30-19-7-9-20(10-8-19)31(27,28)23-18-5-3-17(4-6-18)22-16(2)25/h3-10,15,23H,11-14H2,1-2H3,(H,22,25)/t15-/m1/s1. The number of morpholine rings is 1. The van der Waals surface area contributed by atoms with Gasteiger partial charge in [0.05, 0.1) is 18.1 Å². The Labute approximate surface area is 181 Å².